The maximum atomic E-state index is 14.0. The number of aromatic nitrogens is 1. The van der Waals surface area contributed by atoms with Crippen molar-refractivity contribution in [2.24, 2.45) is 0 Å². The minimum Gasteiger partial charge on any atom is -0.434 e. The van der Waals surface area contributed by atoms with Gasteiger partial charge in [-0.05, 0) is 30.8 Å². The number of hydrogen-bond donors (Lipinski definition) is 3. The Hall–Kier alpha value is -3.83. The summed E-state index contributed by atoms with van der Waals surface area (Å²) in [5.41, 5.74) is 0.225. The number of pyridine rings is 1. The highest BCUT2D eigenvalue weighted by atomic mass is 16.6. The average Bonchev–Trinajstić information content (AvgIpc) is 3.23. The molecule has 200 valence electrons. The van der Waals surface area contributed by atoms with Crippen molar-refractivity contribution < 1.29 is 29.0 Å². The number of nitrogens with zero attached hydrogens (tertiary/aromatic N) is 3. The van der Waals surface area contributed by atoms with Crippen LogP contribution in [-0.4, -0.2) is 93.7 Å². The summed E-state index contributed by atoms with van der Waals surface area (Å²) < 4.78 is 4.75. The van der Waals surface area contributed by atoms with E-state index in [0.717, 1.165) is 5.39 Å². The molecule has 11 nitrogen and oxygen atoms in total. The number of fused-ring (bicyclic) bond motifs is 2. The fraction of sp³-hybridized carbons (Fsp3) is 0.444. The first-order chi connectivity index (χ1) is 18.4. The molecular weight excluding hydrogens is 490 g/mol. The van der Waals surface area contributed by atoms with E-state index >= 15 is 0 Å². The lowest BCUT2D eigenvalue weighted by Gasteiger charge is -2.47. The van der Waals surface area contributed by atoms with Crippen molar-refractivity contribution in [1.29, 1.82) is 0 Å². The van der Waals surface area contributed by atoms with Gasteiger partial charge in [-0.3, -0.25) is 29.1 Å². The molecule has 2 aromatic rings. The molecule has 1 aromatic carbocycles. The van der Waals surface area contributed by atoms with Gasteiger partial charge in [0.2, 0.25) is 18.1 Å². The van der Waals surface area contributed by atoms with E-state index in [1.54, 1.807) is 11.1 Å². The Bertz CT molecular complexity index is 1280. The highest BCUT2D eigenvalue weighted by Gasteiger charge is 2.45. The minimum atomic E-state index is -1.43. The van der Waals surface area contributed by atoms with Crippen molar-refractivity contribution in [2.75, 3.05) is 19.6 Å². The zero-order valence-electron chi connectivity index (χ0n) is 21.1. The quantitative estimate of drug-likeness (QED) is 0.378. The standard InChI is InChI=1S/C27H31N5O6/c1-2-31-14-17-8-4-6-10-19(29-25(35)23-18-9-5-3-7-16(18)11-12-28-23)26(36)32(17)21(15-31)24(34)30-20-13-22(33)38-27(20)37/h3-7,9,11-12,17,19-21,27,37H,2,8,10,13-15H2,1H3,(H,29,35)(H,30,34)/b6-4-/t17-,19-,20?,21-,27?/m0/s1. The maximum Gasteiger partial charge on any atom is 0.310 e. The van der Waals surface area contributed by atoms with Gasteiger partial charge in [0.15, 0.2) is 0 Å². The molecule has 0 spiro atoms. The van der Waals surface area contributed by atoms with Crippen LogP contribution < -0.4 is 10.6 Å². The maximum absolute atomic E-state index is 14.0. The Balaban J connectivity index is 1.40. The van der Waals surface area contributed by atoms with Gasteiger partial charge in [0.1, 0.15) is 23.8 Å². The summed E-state index contributed by atoms with van der Waals surface area (Å²) in [6.07, 6.45) is 4.67. The number of esters is 1. The number of aliphatic hydroxyl groups is 1. The van der Waals surface area contributed by atoms with E-state index in [1.807, 2.05) is 49.4 Å². The molecule has 4 heterocycles. The number of amides is 3. The lowest BCUT2D eigenvalue weighted by Crippen LogP contribution is -2.68. The number of benzene rings is 1. The summed E-state index contributed by atoms with van der Waals surface area (Å²) in [7, 11) is 0. The SMILES string of the molecule is CCN1C[C@@H]2C/C=C\C[C@H](NC(=O)c3nccc4ccccc34)C(=O)N2[C@H](C(=O)NC2CC(=O)OC2O)C1. The highest BCUT2D eigenvalue weighted by molar-refractivity contribution is 6.06. The van der Waals surface area contributed by atoms with Gasteiger partial charge in [-0.25, -0.2) is 0 Å². The molecule has 3 aliphatic heterocycles. The number of likely N-dealkylation sites (N-methyl/N-ethyl adjacent to an activating group) is 1. The van der Waals surface area contributed by atoms with Gasteiger partial charge in [0.25, 0.3) is 5.91 Å². The van der Waals surface area contributed by atoms with E-state index in [1.165, 1.54) is 0 Å². The number of carbonyl (C=O) groups is 4. The summed E-state index contributed by atoms with van der Waals surface area (Å²) in [6, 6.07) is 6.27. The molecule has 2 unspecified atom stereocenters. The van der Waals surface area contributed by atoms with Crippen LogP contribution in [0.15, 0.2) is 48.7 Å². The van der Waals surface area contributed by atoms with Crippen molar-refractivity contribution in [3.05, 3.63) is 54.4 Å². The molecule has 3 N–H and O–H groups in total. The molecule has 3 amide bonds. The van der Waals surface area contributed by atoms with Crippen LogP contribution in [0.1, 0.15) is 36.7 Å². The Labute approximate surface area is 219 Å². The van der Waals surface area contributed by atoms with Gasteiger partial charge in [0.05, 0.1) is 6.42 Å². The summed E-state index contributed by atoms with van der Waals surface area (Å²) in [5, 5.41) is 17.1. The molecule has 2 saturated heterocycles. The molecule has 0 saturated carbocycles. The van der Waals surface area contributed by atoms with Crippen molar-refractivity contribution >= 4 is 34.5 Å². The van der Waals surface area contributed by atoms with Crippen molar-refractivity contribution in [3.8, 4) is 0 Å². The van der Waals surface area contributed by atoms with E-state index in [9.17, 15) is 24.3 Å². The zero-order valence-corrected chi connectivity index (χ0v) is 21.1. The molecule has 38 heavy (non-hydrogen) atoms. The van der Waals surface area contributed by atoms with Crippen LogP contribution in [-0.2, 0) is 19.1 Å². The van der Waals surface area contributed by atoms with Crippen LogP contribution in [0.3, 0.4) is 0 Å². The van der Waals surface area contributed by atoms with Gasteiger partial charge >= 0.3 is 5.97 Å². The molecule has 11 heteroatoms. The highest BCUT2D eigenvalue weighted by Crippen LogP contribution is 2.25. The first-order valence-electron chi connectivity index (χ1n) is 12.9. The molecule has 0 bridgehead atoms. The summed E-state index contributed by atoms with van der Waals surface area (Å²) in [6.45, 7) is 3.54. The smallest absolute Gasteiger partial charge is 0.310 e. The number of nitrogens with one attached hydrogen (secondary N) is 2. The van der Waals surface area contributed by atoms with Crippen LogP contribution in [0.2, 0.25) is 0 Å². The van der Waals surface area contributed by atoms with E-state index in [4.69, 9.17) is 4.74 Å². The molecule has 1 aromatic heterocycles. The first kappa shape index (κ1) is 25.8. The van der Waals surface area contributed by atoms with Gasteiger partial charge in [0, 0.05) is 30.7 Å². The van der Waals surface area contributed by atoms with E-state index < -0.39 is 42.2 Å². The molecule has 3 aliphatic rings. The lowest BCUT2D eigenvalue weighted by molar-refractivity contribution is -0.156. The summed E-state index contributed by atoms with van der Waals surface area (Å²) >= 11 is 0. The minimum absolute atomic E-state index is 0.145. The average molecular weight is 522 g/mol. The predicted molar refractivity (Wildman–Crippen MR) is 137 cm³/mol. The molecule has 0 aliphatic carbocycles. The largest absolute Gasteiger partial charge is 0.434 e. The van der Waals surface area contributed by atoms with Crippen molar-refractivity contribution in [2.45, 2.75) is 56.6 Å². The topological polar surface area (TPSA) is 141 Å². The molecule has 5 atom stereocenters. The van der Waals surface area contributed by atoms with Crippen LogP contribution in [0.5, 0.6) is 0 Å². The Kier molecular flexibility index (Phi) is 7.39. The molecule has 0 radical (unpaired) electrons. The number of ether oxygens (including phenoxy) is 1. The van der Waals surface area contributed by atoms with Crippen molar-refractivity contribution in [3.63, 3.8) is 0 Å². The van der Waals surface area contributed by atoms with E-state index in [-0.39, 0.29) is 37.0 Å². The molecular formula is C27H31N5O6. The fourth-order valence-electron chi connectivity index (χ4n) is 5.40. The number of piperazine rings is 1. The number of aliphatic hydroxyl groups excluding tert-OH is 1. The second-order valence-electron chi connectivity index (χ2n) is 9.82. The molecule has 2 fully saturated rings. The first-order valence-corrected chi connectivity index (χ1v) is 12.9. The summed E-state index contributed by atoms with van der Waals surface area (Å²) in [4.78, 5) is 60.2. The fourth-order valence-corrected chi connectivity index (χ4v) is 5.40. The van der Waals surface area contributed by atoms with Crippen LogP contribution in [0, 0.1) is 0 Å². The number of cyclic esters (lactones) is 1. The predicted octanol–water partition coefficient (Wildman–Crippen LogP) is 0.335. The number of hydrogen-bond acceptors (Lipinski definition) is 8. The monoisotopic (exact) mass is 521 g/mol. The van der Waals surface area contributed by atoms with Gasteiger partial charge in [-0.2, -0.15) is 0 Å². The van der Waals surface area contributed by atoms with Gasteiger partial charge in [-0.1, -0.05) is 43.3 Å². The number of carbonyl (C=O) groups excluding carboxylic acids is 4. The summed E-state index contributed by atoms with van der Waals surface area (Å²) in [5.74, 6) is -1.90. The second-order valence-corrected chi connectivity index (χ2v) is 9.82. The third kappa shape index (κ3) is 5.11. The zero-order chi connectivity index (χ0) is 26.8. The normalized spacial score (nSPS) is 28.7. The lowest BCUT2D eigenvalue weighted by atomic mass is 9.96. The van der Waals surface area contributed by atoms with E-state index in [2.05, 4.69) is 20.5 Å². The number of rotatable bonds is 5. The van der Waals surface area contributed by atoms with Crippen molar-refractivity contribution in [1.82, 2.24) is 25.4 Å². The third-order valence-corrected chi connectivity index (χ3v) is 7.38. The third-order valence-electron chi connectivity index (χ3n) is 7.38. The Morgan fingerprint density at radius 3 is 2.66 bits per heavy atom. The molecule has 5 rings (SSSR count). The van der Waals surface area contributed by atoms with Gasteiger partial charge < -0.3 is 25.4 Å². The Morgan fingerprint density at radius 1 is 1.11 bits per heavy atom. The van der Waals surface area contributed by atoms with E-state index in [0.29, 0.717) is 24.9 Å². The van der Waals surface area contributed by atoms with Crippen LogP contribution >= 0.6 is 0 Å². The second kappa shape index (κ2) is 10.9. The van der Waals surface area contributed by atoms with Crippen LogP contribution in [0.25, 0.3) is 10.8 Å². The Morgan fingerprint density at radius 2 is 1.89 bits per heavy atom. The van der Waals surface area contributed by atoms with Crippen LogP contribution in [0.4, 0.5) is 0 Å². The van der Waals surface area contributed by atoms with Gasteiger partial charge in [-0.15, -0.1) is 0 Å².